The van der Waals surface area contributed by atoms with Crippen molar-refractivity contribution in [1.29, 1.82) is 0 Å². The van der Waals surface area contributed by atoms with Crippen molar-refractivity contribution in [2.45, 2.75) is 6.92 Å². The monoisotopic (exact) mass is 274 g/mol. The summed E-state index contributed by atoms with van der Waals surface area (Å²) in [6.45, 7) is 1.96. The molecule has 0 saturated heterocycles. The third-order valence-electron chi connectivity index (χ3n) is 2.20. The van der Waals surface area contributed by atoms with Crippen LogP contribution in [0.3, 0.4) is 0 Å². The molecule has 1 aromatic heterocycles. The highest BCUT2D eigenvalue weighted by molar-refractivity contribution is 7.13. The fourth-order valence-corrected chi connectivity index (χ4v) is 2.28. The summed E-state index contributed by atoms with van der Waals surface area (Å²) < 4.78 is 0. The van der Waals surface area contributed by atoms with E-state index in [-0.39, 0.29) is 11.9 Å². The van der Waals surface area contributed by atoms with E-state index in [0.717, 1.165) is 16.3 Å². The molecule has 2 aromatic rings. The van der Waals surface area contributed by atoms with Crippen LogP contribution < -0.4 is 17.2 Å². The van der Waals surface area contributed by atoms with Crippen LogP contribution in [0.4, 0.5) is 5.69 Å². The number of benzene rings is 1. The van der Waals surface area contributed by atoms with Crippen molar-refractivity contribution in [1.82, 2.24) is 4.98 Å². The molecule has 0 amide bonds. The van der Waals surface area contributed by atoms with E-state index in [9.17, 15) is 0 Å². The molecule has 1 aromatic carbocycles. The molecule has 0 aliphatic rings. The number of aryl methyl sites for hydroxylation is 1. The van der Waals surface area contributed by atoms with Crippen LogP contribution in [0.25, 0.3) is 10.6 Å². The summed E-state index contributed by atoms with van der Waals surface area (Å²) in [6.07, 6.45) is 0. The predicted molar refractivity (Wildman–Crippen MR) is 79.4 cm³/mol. The smallest absolute Gasteiger partial charge is 0.223 e. The van der Waals surface area contributed by atoms with E-state index >= 15 is 0 Å². The van der Waals surface area contributed by atoms with Gasteiger partial charge in [0.1, 0.15) is 5.01 Å². The second-order valence-corrected chi connectivity index (χ2v) is 4.71. The molecule has 0 aliphatic heterocycles. The lowest BCUT2D eigenvalue weighted by molar-refractivity contribution is 1.27. The van der Waals surface area contributed by atoms with Gasteiger partial charge in [-0.3, -0.25) is 0 Å². The van der Waals surface area contributed by atoms with Crippen LogP contribution in [-0.2, 0) is 0 Å². The van der Waals surface area contributed by atoms with E-state index in [4.69, 9.17) is 17.2 Å². The molecule has 0 saturated carbocycles. The molecule has 0 radical (unpaired) electrons. The Balaban J connectivity index is 2.32. The van der Waals surface area contributed by atoms with Crippen LogP contribution >= 0.6 is 11.3 Å². The van der Waals surface area contributed by atoms with Gasteiger partial charge in [0.15, 0.2) is 5.96 Å². The maximum absolute atomic E-state index is 5.59. The van der Waals surface area contributed by atoms with Crippen LogP contribution in [0.5, 0.6) is 0 Å². The minimum atomic E-state index is -0.118. The first kappa shape index (κ1) is 13.0. The Hall–Kier alpha value is -2.41. The van der Waals surface area contributed by atoms with Gasteiger partial charge in [-0.25, -0.2) is 9.98 Å². The molecule has 19 heavy (non-hydrogen) atoms. The van der Waals surface area contributed by atoms with E-state index in [2.05, 4.69) is 15.0 Å². The van der Waals surface area contributed by atoms with Crippen LogP contribution in [0.2, 0.25) is 0 Å². The van der Waals surface area contributed by atoms with Gasteiger partial charge in [0.2, 0.25) is 5.96 Å². The largest absolute Gasteiger partial charge is 0.370 e. The maximum atomic E-state index is 5.59. The summed E-state index contributed by atoms with van der Waals surface area (Å²) in [5.41, 5.74) is 18.7. The molecule has 2 rings (SSSR count). The van der Waals surface area contributed by atoms with Crippen molar-refractivity contribution in [3.8, 4) is 10.6 Å². The quantitative estimate of drug-likeness (QED) is 0.566. The van der Waals surface area contributed by atoms with E-state index in [1.54, 1.807) is 11.3 Å². The van der Waals surface area contributed by atoms with Gasteiger partial charge < -0.3 is 17.2 Å². The predicted octanol–water partition coefficient (Wildman–Crippen LogP) is 1.34. The molecule has 6 N–H and O–H groups in total. The van der Waals surface area contributed by atoms with Crippen molar-refractivity contribution in [3.63, 3.8) is 0 Å². The first-order chi connectivity index (χ1) is 9.04. The lowest BCUT2D eigenvalue weighted by Crippen LogP contribution is -2.26. The van der Waals surface area contributed by atoms with Crippen LogP contribution in [0.15, 0.2) is 39.6 Å². The number of aromatic nitrogens is 1. The SMILES string of the molecule is Cc1csc(-c2cccc(N=C(N)N=C(N)N)c2)n1. The van der Waals surface area contributed by atoms with Gasteiger partial charge in [-0.15, -0.1) is 11.3 Å². The fourth-order valence-electron chi connectivity index (χ4n) is 1.48. The van der Waals surface area contributed by atoms with E-state index < -0.39 is 0 Å². The average Bonchev–Trinajstić information content (AvgIpc) is 2.75. The standard InChI is InChI=1S/C12H14N6S/c1-7-6-19-10(16-7)8-3-2-4-9(5-8)17-12(15)18-11(13)14/h2-6H,1H3,(H6,13,14,15,17,18). The zero-order valence-corrected chi connectivity index (χ0v) is 11.2. The van der Waals surface area contributed by atoms with Crippen molar-refractivity contribution in [2.24, 2.45) is 27.2 Å². The highest BCUT2D eigenvalue weighted by Gasteiger charge is 2.03. The van der Waals surface area contributed by atoms with Gasteiger partial charge in [0, 0.05) is 16.6 Å². The van der Waals surface area contributed by atoms with Crippen molar-refractivity contribution in [2.75, 3.05) is 0 Å². The molecule has 0 bridgehead atoms. The topological polar surface area (TPSA) is 116 Å². The lowest BCUT2D eigenvalue weighted by atomic mass is 10.2. The van der Waals surface area contributed by atoms with Gasteiger partial charge in [-0.05, 0) is 19.1 Å². The van der Waals surface area contributed by atoms with Gasteiger partial charge >= 0.3 is 0 Å². The summed E-state index contributed by atoms with van der Waals surface area (Å²) in [5, 5.41) is 2.94. The van der Waals surface area contributed by atoms with Gasteiger partial charge in [-0.2, -0.15) is 4.99 Å². The first-order valence-electron chi connectivity index (χ1n) is 5.51. The third kappa shape index (κ3) is 3.52. The molecule has 0 aliphatic carbocycles. The molecule has 0 fully saturated rings. The minimum Gasteiger partial charge on any atom is -0.370 e. The third-order valence-corrected chi connectivity index (χ3v) is 3.21. The Morgan fingerprint density at radius 1 is 1.26 bits per heavy atom. The van der Waals surface area contributed by atoms with Gasteiger partial charge in [0.05, 0.1) is 5.69 Å². The highest BCUT2D eigenvalue weighted by Crippen LogP contribution is 2.26. The van der Waals surface area contributed by atoms with Crippen LogP contribution in [-0.4, -0.2) is 16.9 Å². The highest BCUT2D eigenvalue weighted by atomic mass is 32.1. The Kier molecular flexibility index (Phi) is 3.76. The number of thiazole rings is 1. The number of hydrogen-bond acceptors (Lipinski definition) is 3. The summed E-state index contributed by atoms with van der Waals surface area (Å²) in [6, 6.07) is 7.55. The Labute approximate surface area is 114 Å². The number of hydrogen-bond donors (Lipinski definition) is 3. The fraction of sp³-hybridized carbons (Fsp3) is 0.0833. The van der Waals surface area contributed by atoms with Crippen molar-refractivity contribution < 1.29 is 0 Å². The van der Waals surface area contributed by atoms with E-state index in [0.29, 0.717) is 5.69 Å². The van der Waals surface area contributed by atoms with E-state index in [1.807, 2.05) is 36.6 Å². The Morgan fingerprint density at radius 2 is 2.05 bits per heavy atom. The number of guanidine groups is 2. The van der Waals surface area contributed by atoms with Gasteiger partial charge in [-0.1, -0.05) is 12.1 Å². The second kappa shape index (κ2) is 5.49. The Morgan fingerprint density at radius 3 is 2.68 bits per heavy atom. The first-order valence-corrected chi connectivity index (χ1v) is 6.39. The molecule has 98 valence electrons. The van der Waals surface area contributed by atoms with Crippen molar-refractivity contribution in [3.05, 3.63) is 35.3 Å². The molecule has 1 heterocycles. The normalized spacial score (nSPS) is 11.3. The number of aliphatic imine (C=N–C) groups is 2. The lowest BCUT2D eigenvalue weighted by Gasteiger charge is -1.99. The van der Waals surface area contributed by atoms with Crippen LogP contribution in [0, 0.1) is 6.92 Å². The zero-order chi connectivity index (χ0) is 13.8. The minimum absolute atomic E-state index is 0.0208. The van der Waals surface area contributed by atoms with Crippen LogP contribution in [0.1, 0.15) is 5.69 Å². The molecule has 7 heteroatoms. The summed E-state index contributed by atoms with van der Waals surface area (Å²) in [5.74, 6) is -0.0968. The van der Waals surface area contributed by atoms with Crippen molar-refractivity contribution >= 4 is 28.9 Å². The molecule has 0 unspecified atom stereocenters. The molecular formula is C12H14N6S. The van der Waals surface area contributed by atoms with E-state index in [1.165, 1.54) is 0 Å². The number of nitrogens with zero attached hydrogens (tertiary/aromatic N) is 3. The van der Waals surface area contributed by atoms with Gasteiger partial charge in [0.25, 0.3) is 0 Å². The second-order valence-electron chi connectivity index (χ2n) is 3.85. The molecular weight excluding hydrogens is 260 g/mol. The number of rotatable bonds is 2. The Bertz CT molecular complexity index is 639. The zero-order valence-electron chi connectivity index (χ0n) is 10.4. The summed E-state index contributed by atoms with van der Waals surface area (Å²) in [4.78, 5) is 12.2. The summed E-state index contributed by atoms with van der Waals surface area (Å²) in [7, 11) is 0. The molecule has 0 atom stereocenters. The number of nitrogens with two attached hydrogens (primary N) is 3. The summed E-state index contributed by atoms with van der Waals surface area (Å²) >= 11 is 1.58. The molecule has 6 nitrogen and oxygen atoms in total. The maximum Gasteiger partial charge on any atom is 0.223 e. The molecule has 0 spiro atoms. The average molecular weight is 274 g/mol.